The van der Waals surface area contributed by atoms with Crippen molar-refractivity contribution in [2.24, 2.45) is 0 Å². The molecule has 194 valence electrons. The monoisotopic (exact) mass is 511 g/mol. The number of hydrogen-bond donors (Lipinski definition) is 3. The number of fused-ring (bicyclic) bond motifs is 1. The van der Waals surface area contributed by atoms with Crippen molar-refractivity contribution in [3.63, 3.8) is 0 Å². The number of halogens is 3. The van der Waals surface area contributed by atoms with Gasteiger partial charge in [0.15, 0.2) is 0 Å². The Bertz CT molecular complexity index is 1380. The van der Waals surface area contributed by atoms with Crippen molar-refractivity contribution >= 4 is 40.1 Å². The fraction of sp³-hybridized carbons (Fsp3) is 0.286. The smallest absolute Gasteiger partial charge is 0.416 e. The zero-order valence-electron chi connectivity index (χ0n) is 20.7. The number of amides is 1. The van der Waals surface area contributed by atoms with Crippen molar-refractivity contribution in [3.05, 3.63) is 77.5 Å². The molecule has 1 aliphatic rings. The van der Waals surface area contributed by atoms with E-state index in [9.17, 15) is 22.8 Å². The van der Waals surface area contributed by atoms with Gasteiger partial charge in [0.1, 0.15) is 11.6 Å². The zero-order valence-corrected chi connectivity index (χ0v) is 20.7. The number of anilines is 1. The van der Waals surface area contributed by atoms with Crippen LogP contribution in [-0.2, 0) is 20.5 Å². The van der Waals surface area contributed by atoms with E-state index in [1.807, 2.05) is 18.2 Å². The van der Waals surface area contributed by atoms with Gasteiger partial charge in [0.25, 0.3) is 0 Å². The molecule has 6 nitrogen and oxygen atoms in total. The Hall–Kier alpha value is -3.85. The molecule has 2 heterocycles. The lowest BCUT2D eigenvalue weighted by Gasteiger charge is -2.27. The van der Waals surface area contributed by atoms with Crippen molar-refractivity contribution in [2.45, 2.75) is 45.0 Å². The number of carbonyl (C=O) groups is 2. The van der Waals surface area contributed by atoms with Gasteiger partial charge >= 0.3 is 12.1 Å². The number of ether oxygens (including phenoxy) is 1. The molecule has 2 aromatic carbocycles. The molecule has 4 rings (SSSR count). The standard InChI is InChI=1S/C28H28F3N3O3/c1-27(2,3)37-26(36)24-15-18(10-12-33-24)22-16-20(28(29,30)31)6-4-17(22)5-9-25(35)34-21-7-8-23-19(14-21)11-13-32-23/h4-9,11,13-16,24,32-33H,10,12H2,1-3H3,(H,34,35)/b9-5+. The Balaban J connectivity index is 1.61. The number of nitrogens with one attached hydrogen (secondary N) is 3. The lowest BCUT2D eigenvalue weighted by atomic mass is 9.91. The number of hydrogen-bond acceptors (Lipinski definition) is 4. The summed E-state index contributed by atoms with van der Waals surface area (Å²) in [4.78, 5) is 28.2. The third-order valence-electron chi connectivity index (χ3n) is 5.75. The van der Waals surface area contributed by atoms with Crippen LogP contribution >= 0.6 is 0 Å². The lowest BCUT2D eigenvalue weighted by Crippen LogP contribution is -2.42. The van der Waals surface area contributed by atoms with Crippen LogP contribution in [-0.4, -0.2) is 35.0 Å². The second-order valence-corrected chi connectivity index (χ2v) is 9.81. The Morgan fingerprint density at radius 2 is 1.86 bits per heavy atom. The summed E-state index contributed by atoms with van der Waals surface area (Å²) in [5.74, 6) is -0.931. The molecular weight excluding hydrogens is 483 g/mol. The van der Waals surface area contributed by atoms with E-state index in [0.29, 0.717) is 35.4 Å². The molecule has 0 saturated carbocycles. The lowest BCUT2D eigenvalue weighted by molar-refractivity contribution is -0.156. The van der Waals surface area contributed by atoms with Gasteiger partial charge in [-0.3, -0.25) is 4.79 Å². The Morgan fingerprint density at radius 1 is 1.08 bits per heavy atom. The number of aromatic nitrogens is 1. The average molecular weight is 512 g/mol. The van der Waals surface area contributed by atoms with Gasteiger partial charge in [-0.1, -0.05) is 12.1 Å². The molecule has 9 heteroatoms. The van der Waals surface area contributed by atoms with Crippen LogP contribution in [0.4, 0.5) is 18.9 Å². The normalized spacial score (nSPS) is 16.6. The van der Waals surface area contributed by atoms with Gasteiger partial charge in [0.05, 0.1) is 5.56 Å². The van der Waals surface area contributed by atoms with Crippen molar-refractivity contribution in [2.75, 3.05) is 11.9 Å². The minimum absolute atomic E-state index is 0.308. The number of H-pyrrole nitrogens is 1. The van der Waals surface area contributed by atoms with Crippen molar-refractivity contribution in [1.82, 2.24) is 10.3 Å². The number of rotatable bonds is 5. The molecular formula is C28H28F3N3O3. The van der Waals surface area contributed by atoms with Crippen LogP contribution in [0.25, 0.3) is 22.6 Å². The first-order chi connectivity index (χ1) is 17.4. The molecule has 0 radical (unpaired) electrons. The Kier molecular flexibility index (Phi) is 7.27. The maximum Gasteiger partial charge on any atom is 0.416 e. The van der Waals surface area contributed by atoms with Crippen LogP contribution in [0.5, 0.6) is 0 Å². The molecule has 0 spiro atoms. The first-order valence-electron chi connectivity index (χ1n) is 11.8. The number of aromatic amines is 1. The average Bonchev–Trinajstić information content (AvgIpc) is 3.29. The van der Waals surface area contributed by atoms with E-state index < -0.39 is 35.3 Å². The van der Waals surface area contributed by atoms with Crippen LogP contribution in [0, 0.1) is 0 Å². The highest BCUT2D eigenvalue weighted by atomic mass is 19.4. The van der Waals surface area contributed by atoms with Gasteiger partial charge in [0, 0.05) is 35.4 Å². The maximum atomic E-state index is 13.5. The predicted octanol–water partition coefficient (Wildman–Crippen LogP) is 5.93. The van der Waals surface area contributed by atoms with Crippen molar-refractivity contribution < 1.29 is 27.5 Å². The molecule has 0 fully saturated rings. The van der Waals surface area contributed by atoms with Gasteiger partial charge in [-0.2, -0.15) is 13.2 Å². The molecule has 1 aliphatic heterocycles. The highest BCUT2D eigenvalue weighted by Gasteiger charge is 2.32. The fourth-order valence-corrected chi connectivity index (χ4v) is 4.08. The summed E-state index contributed by atoms with van der Waals surface area (Å²) in [7, 11) is 0. The minimum atomic E-state index is -4.54. The zero-order chi connectivity index (χ0) is 26.8. The van der Waals surface area contributed by atoms with Crippen LogP contribution < -0.4 is 10.6 Å². The molecule has 0 saturated heterocycles. The summed E-state index contributed by atoms with van der Waals surface area (Å²) in [5.41, 5.74) is 1.32. The van der Waals surface area contributed by atoms with Crippen LogP contribution in [0.15, 0.2) is 60.8 Å². The van der Waals surface area contributed by atoms with Gasteiger partial charge < -0.3 is 20.4 Å². The minimum Gasteiger partial charge on any atom is -0.459 e. The summed E-state index contributed by atoms with van der Waals surface area (Å²) < 4.78 is 46.0. The Morgan fingerprint density at radius 3 is 2.59 bits per heavy atom. The number of benzene rings is 2. The van der Waals surface area contributed by atoms with Crippen LogP contribution in [0.3, 0.4) is 0 Å². The largest absolute Gasteiger partial charge is 0.459 e. The van der Waals surface area contributed by atoms with Crippen molar-refractivity contribution in [3.8, 4) is 0 Å². The van der Waals surface area contributed by atoms with E-state index in [4.69, 9.17) is 4.74 Å². The Labute approximate surface area is 212 Å². The van der Waals surface area contributed by atoms with Crippen LogP contribution in [0.1, 0.15) is 43.9 Å². The van der Waals surface area contributed by atoms with Gasteiger partial charge in [-0.05, 0) is 86.4 Å². The fourth-order valence-electron chi connectivity index (χ4n) is 4.08. The SMILES string of the molecule is CC(C)(C)OC(=O)C1C=C(c2cc(C(F)(F)F)ccc2/C=C/C(=O)Nc2ccc3[nH]ccc3c2)CCN1. The third kappa shape index (κ3) is 6.68. The first kappa shape index (κ1) is 26.2. The quantitative estimate of drug-likeness (QED) is 0.293. The van der Waals surface area contributed by atoms with E-state index in [2.05, 4.69) is 15.6 Å². The second-order valence-electron chi connectivity index (χ2n) is 9.81. The number of carbonyl (C=O) groups excluding carboxylic acids is 2. The molecule has 3 aromatic rings. The van der Waals surface area contributed by atoms with E-state index >= 15 is 0 Å². The second kappa shape index (κ2) is 10.3. The van der Waals surface area contributed by atoms with Gasteiger partial charge in [0.2, 0.25) is 5.91 Å². The summed E-state index contributed by atoms with van der Waals surface area (Å²) in [6.07, 6.45) is 2.01. The van der Waals surface area contributed by atoms with E-state index in [-0.39, 0.29) is 0 Å². The highest BCUT2D eigenvalue weighted by Crippen LogP contribution is 2.34. The molecule has 0 aliphatic carbocycles. The van der Waals surface area contributed by atoms with Crippen LogP contribution in [0.2, 0.25) is 0 Å². The maximum absolute atomic E-state index is 13.5. The summed E-state index contributed by atoms with van der Waals surface area (Å²) in [6, 6.07) is 9.87. The van der Waals surface area contributed by atoms with Gasteiger partial charge in [-0.25, -0.2) is 4.79 Å². The molecule has 37 heavy (non-hydrogen) atoms. The first-order valence-corrected chi connectivity index (χ1v) is 11.8. The van der Waals surface area contributed by atoms with Gasteiger partial charge in [-0.15, -0.1) is 0 Å². The van der Waals surface area contributed by atoms with Crippen molar-refractivity contribution in [1.29, 1.82) is 0 Å². The molecule has 1 amide bonds. The van der Waals surface area contributed by atoms with E-state index in [0.717, 1.165) is 23.0 Å². The number of alkyl halides is 3. The molecule has 1 unspecified atom stereocenters. The summed E-state index contributed by atoms with van der Waals surface area (Å²) >= 11 is 0. The van der Waals surface area contributed by atoms with E-state index in [1.165, 1.54) is 18.2 Å². The summed E-state index contributed by atoms with van der Waals surface area (Å²) in [5, 5.41) is 6.74. The molecule has 0 bridgehead atoms. The predicted molar refractivity (Wildman–Crippen MR) is 138 cm³/mol. The summed E-state index contributed by atoms with van der Waals surface area (Å²) in [6.45, 7) is 5.62. The molecule has 1 atom stereocenters. The molecule has 3 N–H and O–H groups in total. The highest BCUT2D eigenvalue weighted by molar-refractivity contribution is 6.03. The number of esters is 1. The molecule has 1 aromatic heterocycles. The topological polar surface area (TPSA) is 83.2 Å². The third-order valence-corrected chi connectivity index (χ3v) is 5.75. The van der Waals surface area contributed by atoms with E-state index in [1.54, 1.807) is 39.1 Å².